The van der Waals surface area contributed by atoms with Crippen LogP contribution in [-0.4, -0.2) is 160 Å². The van der Waals surface area contributed by atoms with Crippen LogP contribution in [0.15, 0.2) is 0 Å². The van der Waals surface area contributed by atoms with Crippen molar-refractivity contribution in [1.82, 2.24) is 36.0 Å². The van der Waals surface area contributed by atoms with Crippen LogP contribution in [0.2, 0.25) is 0 Å². The average Bonchev–Trinajstić information content (AvgIpc) is 3.26. The van der Waals surface area contributed by atoms with Gasteiger partial charge in [0.05, 0.1) is 38.0 Å². The van der Waals surface area contributed by atoms with Gasteiger partial charge in [0, 0.05) is 19.4 Å². The number of carbonyl (C=O) groups excluding carboxylic acids is 9. The van der Waals surface area contributed by atoms with Crippen LogP contribution in [0.1, 0.15) is 26.2 Å². The first-order valence-corrected chi connectivity index (χ1v) is 15.2. The summed E-state index contributed by atoms with van der Waals surface area (Å²) in [5.41, 5.74) is 0. The molecular weight excluding hydrogens is 650 g/mol. The van der Waals surface area contributed by atoms with Crippen LogP contribution in [-0.2, 0) is 52.7 Å². The maximum Gasteiger partial charge on any atom is 0.323 e. The zero-order valence-corrected chi connectivity index (χ0v) is 26.5. The number of aliphatic carboxylic acids is 2. The van der Waals surface area contributed by atoms with Gasteiger partial charge in [0.1, 0.15) is 25.4 Å². The van der Waals surface area contributed by atoms with E-state index in [1.165, 1.54) is 11.8 Å². The molecule has 0 radical (unpaired) electrons. The van der Waals surface area contributed by atoms with Crippen LogP contribution < -0.4 is 21.3 Å². The highest BCUT2D eigenvalue weighted by atomic mass is 32.2. The number of rotatable bonds is 21. The van der Waals surface area contributed by atoms with Crippen molar-refractivity contribution in [3.05, 3.63) is 0 Å². The predicted octanol–water partition coefficient (Wildman–Crippen LogP) is -4.86. The number of carboxylic acids is 2. The largest absolute Gasteiger partial charge is 0.480 e. The van der Waals surface area contributed by atoms with Gasteiger partial charge in [-0.2, -0.15) is 11.8 Å². The van der Waals surface area contributed by atoms with Crippen molar-refractivity contribution in [3.8, 4) is 0 Å². The van der Waals surface area contributed by atoms with E-state index in [1.807, 2.05) is 0 Å². The highest BCUT2D eigenvalue weighted by molar-refractivity contribution is 8.00. The minimum atomic E-state index is -1.49. The second kappa shape index (κ2) is 20.1. The van der Waals surface area contributed by atoms with Crippen LogP contribution in [0.5, 0.6) is 0 Å². The Labute approximate surface area is 272 Å². The fourth-order valence-electron chi connectivity index (χ4n) is 3.90. The first-order chi connectivity index (χ1) is 22.0. The molecule has 260 valence electrons. The number of hydrogen-bond donors (Lipinski definition) is 6. The number of ketones is 1. The molecule has 1 fully saturated rings. The molecule has 20 nitrogen and oxygen atoms in total. The van der Waals surface area contributed by atoms with Crippen molar-refractivity contribution >= 4 is 76.7 Å². The minimum Gasteiger partial charge on any atom is -0.480 e. The Morgan fingerprint density at radius 2 is 1.19 bits per heavy atom. The van der Waals surface area contributed by atoms with E-state index in [1.54, 1.807) is 6.26 Å². The number of nitrogens with one attached hydrogen (secondary N) is 4. The molecule has 0 aromatic rings. The first-order valence-electron chi connectivity index (χ1n) is 14.0. The van der Waals surface area contributed by atoms with Crippen LogP contribution in [0.3, 0.4) is 0 Å². The molecule has 1 heterocycles. The van der Waals surface area contributed by atoms with E-state index in [2.05, 4.69) is 21.3 Å². The molecule has 1 saturated heterocycles. The van der Waals surface area contributed by atoms with E-state index in [-0.39, 0.29) is 37.6 Å². The first kappa shape index (κ1) is 39.9. The van der Waals surface area contributed by atoms with Gasteiger partial charge in [0.25, 0.3) is 0 Å². The molecule has 0 bridgehead atoms. The predicted molar refractivity (Wildman–Crippen MR) is 159 cm³/mol. The summed E-state index contributed by atoms with van der Waals surface area (Å²) in [7, 11) is 0. The van der Waals surface area contributed by atoms with Gasteiger partial charge in [-0.05, 0) is 19.6 Å². The Bertz CT molecular complexity index is 1260. The van der Waals surface area contributed by atoms with Gasteiger partial charge in [-0.1, -0.05) is 0 Å². The molecule has 21 heteroatoms. The Balaban J connectivity index is 2.45. The molecule has 1 aliphatic rings. The Hall–Kier alpha value is -5.08. The Kier molecular flexibility index (Phi) is 17.1. The zero-order chi connectivity index (χ0) is 35.7. The van der Waals surface area contributed by atoms with E-state index in [0.717, 1.165) is 11.8 Å². The standard InChI is InChI=1S/C26H37N7O13S/c1-15(34)11-31(13-24(42)43)22(40)9-29-19(37)8-28-20(38)12-32(14-25(44)45)23(41)10-30-18(36)7-27-17(35)4-3-5-33-21(39)6-16(47-2)26(33)46/h16H,3-14H2,1-2H3,(H,27,35)(H,28,38)(H,29,37)(H,30,36)(H,42,43)(H,44,45). The highest BCUT2D eigenvalue weighted by Crippen LogP contribution is 2.23. The van der Waals surface area contributed by atoms with Gasteiger partial charge >= 0.3 is 11.9 Å². The molecular formula is C26H37N7O13S. The van der Waals surface area contributed by atoms with Gasteiger partial charge in [0.2, 0.25) is 47.3 Å². The quantitative estimate of drug-likeness (QED) is 0.0617. The SMILES string of the molecule is CSC1CC(=O)N(CCCC(=O)NCC(=O)NCC(=O)N(CC(=O)O)CC(=O)NCC(=O)NCC(=O)N(CC(C)=O)CC(=O)O)C1=O. The Morgan fingerprint density at radius 3 is 1.64 bits per heavy atom. The molecule has 6 N–H and O–H groups in total. The van der Waals surface area contributed by atoms with Gasteiger partial charge in [-0.15, -0.1) is 0 Å². The van der Waals surface area contributed by atoms with Crippen molar-refractivity contribution in [2.24, 2.45) is 0 Å². The number of thioether (sulfide) groups is 1. The molecule has 0 aliphatic carbocycles. The van der Waals surface area contributed by atoms with E-state index >= 15 is 0 Å². The molecule has 0 spiro atoms. The van der Waals surface area contributed by atoms with Gasteiger partial charge < -0.3 is 41.3 Å². The normalized spacial score (nSPS) is 13.7. The van der Waals surface area contributed by atoms with Crippen LogP contribution >= 0.6 is 11.8 Å². The third-order valence-corrected chi connectivity index (χ3v) is 7.08. The molecule has 1 aliphatic heterocycles. The average molecular weight is 688 g/mol. The summed E-state index contributed by atoms with van der Waals surface area (Å²) in [6.45, 7) is -4.50. The fraction of sp³-hybridized carbons (Fsp3) is 0.577. The van der Waals surface area contributed by atoms with Crippen molar-refractivity contribution in [1.29, 1.82) is 0 Å². The lowest BCUT2D eigenvalue weighted by molar-refractivity contribution is -0.146. The highest BCUT2D eigenvalue weighted by Gasteiger charge is 2.37. The smallest absolute Gasteiger partial charge is 0.323 e. The van der Waals surface area contributed by atoms with Gasteiger partial charge in [0.15, 0.2) is 0 Å². The second-order valence-corrected chi connectivity index (χ2v) is 11.1. The second-order valence-electron chi connectivity index (χ2n) is 10.0. The number of hydrogen-bond acceptors (Lipinski definition) is 12. The molecule has 1 atom stereocenters. The number of carbonyl (C=O) groups is 11. The van der Waals surface area contributed by atoms with Crippen LogP contribution in [0.25, 0.3) is 0 Å². The fourth-order valence-corrected chi connectivity index (χ4v) is 4.54. The number of nitrogens with zero attached hydrogens (tertiary/aromatic N) is 3. The summed E-state index contributed by atoms with van der Waals surface area (Å²) in [4.78, 5) is 133. The molecule has 0 aromatic heterocycles. The molecule has 1 rings (SSSR count). The lowest BCUT2D eigenvalue weighted by Gasteiger charge is -2.21. The van der Waals surface area contributed by atoms with Crippen molar-refractivity contribution in [3.63, 3.8) is 0 Å². The monoisotopic (exact) mass is 687 g/mol. The van der Waals surface area contributed by atoms with Crippen molar-refractivity contribution in [2.45, 2.75) is 31.4 Å². The van der Waals surface area contributed by atoms with Gasteiger partial charge in [-0.25, -0.2) is 0 Å². The number of carboxylic acid groups (broad SMARTS) is 2. The minimum absolute atomic E-state index is 0.0513. The van der Waals surface area contributed by atoms with E-state index < -0.39 is 111 Å². The van der Waals surface area contributed by atoms with E-state index in [9.17, 15) is 52.7 Å². The number of imide groups is 1. The lowest BCUT2D eigenvalue weighted by atomic mass is 10.2. The van der Waals surface area contributed by atoms with E-state index in [4.69, 9.17) is 10.2 Å². The zero-order valence-electron chi connectivity index (χ0n) is 25.7. The summed E-state index contributed by atoms with van der Waals surface area (Å²) >= 11 is 1.26. The molecule has 0 saturated carbocycles. The summed E-state index contributed by atoms with van der Waals surface area (Å²) in [6, 6.07) is 0. The summed E-state index contributed by atoms with van der Waals surface area (Å²) < 4.78 is 0. The maximum absolute atomic E-state index is 12.5. The summed E-state index contributed by atoms with van der Waals surface area (Å²) in [5.74, 6) is -9.08. The topological polar surface area (TPSA) is 286 Å². The number of amides is 8. The Morgan fingerprint density at radius 1 is 0.723 bits per heavy atom. The third-order valence-electron chi connectivity index (χ3n) is 6.14. The van der Waals surface area contributed by atoms with Crippen LogP contribution in [0, 0.1) is 0 Å². The number of Topliss-reactive ketones (excluding diaryl/α,β-unsaturated/α-hetero) is 1. The van der Waals surface area contributed by atoms with Crippen LogP contribution in [0.4, 0.5) is 0 Å². The third kappa shape index (κ3) is 15.7. The number of likely N-dealkylation sites (tertiary alicyclic amines) is 1. The lowest BCUT2D eigenvalue weighted by Crippen LogP contribution is -2.49. The molecule has 8 amide bonds. The van der Waals surface area contributed by atoms with Crippen molar-refractivity contribution < 1.29 is 63.0 Å². The van der Waals surface area contributed by atoms with Crippen molar-refractivity contribution in [2.75, 3.05) is 65.2 Å². The molecule has 47 heavy (non-hydrogen) atoms. The molecule has 0 aromatic carbocycles. The van der Waals surface area contributed by atoms with E-state index in [0.29, 0.717) is 9.80 Å². The molecule has 1 unspecified atom stereocenters. The summed E-state index contributed by atoms with van der Waals surface area (Å²) in [6.07, 6.45) is 1.89. The van der Waals surface area contributed by atoms with Gasteiger partial charge in [-0.3, -0.25) is 57.6 Å². The maximum atomic E-state index is 12.5. The summed E-state index contributed by atoms with van der Waals surface area (Å²) in [5, 5.41) is 26.2.